The quantitative estimate of drug-likeness (QED) is 0.124. The smallest absolute Gasteiger partial charge is 0.372 e. The molecule has 38 heavy (non-hydrogen) atoms. The molecule has 0 amide bonds. The van der Waals surface area contributed by atoms with Gasteiger partial charge in [0.05, 0.1) is 0 Å². The fraction of sp³-hybridized carbons (Fsp3) is 0.200. The summed E-state index contributed by atoms with van der Waals surface area (Å²) in [6, 6.07) is 35.4. The molecule has 0 atom stereocenters. The topological polar surface area (TPSA) is 0 Å². The average molecular weight is 708 g/mol. The van der Waals surface area contributed by atoms with Gasteiger partial charge in [0.15, 0.2) is 0 Å². The molecule has 0 aromatic heterocycles. The zero-order valence-electron chi connectivity index (χ0n) is 22.8. The first-order chi connectivity index (χ1) is 16.9. The van der Waals surface area contributed by atoms with Crippen LogP contribution in [0.4, 0.5) is 0 Å². The van der Waals surface area contributed by atoms with Crippen LogP contribution < -0.4 is 0 Å². The molecule has 196 valence electrons. The molecule has 0 saturated heterocycles. The van der Waals surface area contributed by atoms with E-state index in [2.05, 4.69) is 139 Å². The molecule has 3 heteroatoms. The number of halogens is 2. The van der Waals surface area contributed by atoms with E-state index in [1.165, 1.54) is 54.2 Å². The largest absolute Gasteiger partial charge is 4.00 e. The van der Waals surface area contributed by atoms with Gasteiger partial charge in [-0.3, -0.25) is 0 Å². The second-order valence-corrected chi connectivity index (χ2v) is 9.82. The zero-order chi connectivity index (χ0) is 24.9. The van der Waals surface area contributed by atoms with Gasteiger partial charge in [0, 0.05) is 0 Å². The van der Waals surface area contributed by atoms with Crippen molar-refractivity contribution in [2.24, 2.45) is 0 Å². The van der Waals surface area contributed by atoms with Crippen LogP contribution in [0.25, 0.3) is 43.1 Å². The van der Waals surface area contributed by atoms with E-state index in [4.69, 9.17) is 0 Å². The molecule has 0 spiro atoms. The standard InChI is InChI=1S/2C16H15.C3H6.2ClH.Hf/c2*1-11(2)14-9-13-8-7-12-5-3-4-6-15(12)16(13)10-14;1-3-2;;;/h2*3-11H,1-2H3;1-3H2;2*1H;/q2*-1;-2;;;+4. The minimum Gasteiger partial charge on any atom is -0.372 e. The summed E-state index contributed by atoms with van der Waals surface area (Å²) in [6.45, 7) is 15.7. The molecule has 0 N–H and O–H groups in total. The summed E-state index contributed by atoms with van der Waals surface area (Å²) in [4.78, 5) is 0. The number of hydrogen-bond donors (Lipinski definition) is 0. The van der Waals surface area contributed by atoms with E-state index in [9.17, 15) is 0 Å². The molecule has 0 aliphatic carbocycles. The molecular formula is C35H38Cl2Hf. The Morgan fingerprint density at radius 1 is 0.553 bits per heavy atom. The fourth-order valence-corrected chi connectivity index (χ4v) is 4.64. The van der Waals surface area contributed by atoms with Crippen molar-refractivity contribution in [3.8, 4) is 0 Å². The Bertz CT molecular complexity index is 1430. The Balaban J connectivity index is 0.000000322. The van der Waals surface area contributed by atoms with E-state index in [0.717, 1.165) is 6.42 Å². The Labute approximate surface area is 260 Å². The molecule has 0 aliphatic heterocycles. The number of hydrogen-bond acceptors (Lipinski definition) is 0. The van der Waals surface area contributed by atoms with Gasteiger partial charge in [-0.05, 0) is 22.6 Å². The Hall–Kier alpha value is -1.93. The van der Waals surface area contributed by atoms with Crippen LogP contribution >= 0.6 is 24.8 Å². The fourth-order valence-electron chi connectivity index (χ4n) is 4.64. The summed E-state index contributed by atoms with van der Waals surface area (Å²) in [5.74, 6) is 1.21. The van der Waals surface area contributed by atoms with Gasteiger partial charge < -0.3 is 20.3 Å². The summed E-state index contributed by atoms with van der Waals surface area (Å²) in [7, 11) is 0. The van der Waals surface area contributed by atoms with Crippen LogP contribution in [0.15, 0.2) is 97.1 Å². The number of fused-ring (bicyclic) bond motifs is 6. The minimum atomic E-state index is 0. The first kappa shape index (κ1) is 34.1. The first-order valence-corrected chi connectivity index (χ1v) is 12.7. The van der Waals surface area contributed by atoms with Gasteiger partial charge in [-0.1, -0.05) is 99.1 Å². The zero-order valence-corrected chi connectivity index (χ0v) is 28.1. The van der Waals surface area contributed by atoms with Crippen LogP contribution in [0.1, 0.15) is 57.1 Å². The van der Waals surface area contributed by atoms with E-state index in [1.54, 1.807) is 0 Å². The van der Waals surface area contributed by atoms with Gasteiger partial charge in [-0.2, -0.15) is 12.1 Å². The molecule has 6 rings (SSSR count). The van der Waals surface area contributed by atoms with Crippen molar-refractivity contribution in [3.05, 3.63) is 122 Å². The van der Waals surface area contributed by atoms with Crippen LogP contribution in [0.2, 0.25) is 0 Å². The van der Waals surface area contributed by atoms with Gasteiger partial charge in [0.2, 0.25) is 0 Å². The molecule has 0 aliphatic rings. The van der Waals surface area contributed by atoms with Crippen molar-refractivity contribution < 1.29 is 25.8 Å². The summed E-state index contributed by atoms with van der Waals surface area (Å²) in [6.07, 6.45) is 0.750. The van der Waals surface area contributed by atoms with Crippen LogP contribution in [0.3, 0.4) is 0 Å². The summed E-state index contributed by atoms with van der Waals surface area (Å²) >= 11 is 0. The van der Waals surface area contributed by atoms with Gasteiger partial charge >= 0.3 is 25.8 Å². The van der Waals surface area contributed by atoms with E-state index in [0.29, 0.717) is 11.8 Å². The maximum absolute atomic E-state index is 3.38. The van der Waals surface area contributed by atoms with Crippen LogP contribution in [-0.2, 0) is 25.8 Å². The van der Waals surface area contributed by atoms with Crippen molar-refractivity contribution in [1.29, 1.82) is 0 Å². The van der Waals surface area contributed by atoms with E-state index < -0.39 is 0 Å². The molecule has 6 aromatic carbocycles. The Morgan fingerprint density at radius 2 is 0.895 bits per heavy atom. The molecule has 0 bridgehead atoms. The van der Waals surface area contributed by atoms with Gasteiger partial charge in [0.25, 0.3) is 0 Å². The predicted molar refractivity (Wildman–Crippen MR) is 172 cm³/mol. The predicted octanol–water partition coefficient (Wildman–Crippen LogP) is 11.6. The van der Waals surface area contributed by atoms with Crippen LogP contribution in [-0.4, -0.2) is 0 Å². The average Bonchev–Trinajstić information content (AvgIpc) is 3.50. The molecular weight excluding hydrogens is 670 g/mol. The molecule has 0 unspecified atom stereocenters. The maximum atomic E-state index is 3.38. The van der Waals surface area contributed by atoms with Crippen molar-refractivity contribution in [3.63, 3.8) is 0 Å². The Morgan fingerprint density at radius 3 is 1.24 bits per heavy atom. The third-order valence-electron chi connectivity index (χ3n) is 6.61. The molecule has 0 saturated carbocycles. The minimum absolute atomic E-state index is 0. The molecule has 0 heterocycles. The van der Waals surface area contributed by atoms with Crippen LogP contribution in [0.5, 0.6) is 0 Å². The van der Waals surface area contributed by atoms with Gasteiger partial charge in [-0.15, -0.1) is 81.8 Å². The van der Waals surface area contributed by atoms with Gasteiger partial charge in [0.1, 0.15) is 0 Å². The first-order valence-electron chi connectivity index (χ1n) is 12.7. The monoisotopic (exact) mass is 708 g/mol. The maximum Gasteiger partial charge on any atom is 4.00 e. The SMILES string of the molecule is CC(C)c1cc2c(ccc3ccccc32)[cH-]1.CC(C)c1cc2c(ccc3ccccc32)[cH-]1.Cl.Cl.[CH2-]C[CH2-].[Hf+4]. The van der Waals surface area contributed by atoms with Crippen LogP contribution in [0, 0.1) is 13.8 Å². The van der Waals surface area contributed by atoms with Crippen molar-refractivity contribution in [1.82, 2.24) is 0 Å². The van der Waals surface area contributed by atoms with Crippen molar-refractivity contribution in [2.45, 2.75) is 46.0 Å². The van der Waals surface area contributed by atoms with E-state index >= 15 is 0 Å². The normalized spacial score (nSPS) is 10.3. The number of benzene rings is 4. The van der Waals surface area contributed by atoms with Crippen molar-refractivity contribution >= 4 is 67.9 Å². The Kier molecular flexibility index (Phi) is 14.0. The second-order valence-electron chi connectivity index (χ2n) is 9.82. The second kappa shape index (κ2) is 15.6. The third kappa shape index (κ3) is 7.59. The van der Waals surface area contributed by atoms with E-state index in [-0.39, 0.29) is 50.7 Å². The summed E-state index contributed by atoms with van der Waals surface area (Å²) in [5.41, 5.74) is 2.87. The third-order valence-corrected chi connectivity index (χ3v) is 6.61. The number of rotatable bonds is 2. The summed E-state index contributed by atoms with van der Waals surface area (Å²) in [5, 5.41) is 10.9. The molecule has 6 aromatic rings. The summed E-state index contributed by atoms with van der Waals surface area (Å²) < 4.78 is 0. The molecule has 0 fully saturated rings. The van der Waals surface area contributed by atoms with Gasteiger partial charge in [-0.25, -0.2) is 0 Å². The molecule has 0 nitrogen and oxygen atoms in total. The van der Waals surface area contributed by atoms with E-state index in [1.807, 2.05) is 0 Å². The molecule has 0 radical (unpaired) electrons. The van der Waals surface area contributed by atoms with Crippen molar-refractivity contribution in [2.75, 3.05) is 0 Å².